The van der Waals surface area contributed by atoms with Crippen molar-refractivity contribution in [3.05, 3.63) is 77.8 Å². The molecule has 0 saturated heterocycles. The van der Waals surface area contributed by atoms with E-state index in [4.69, 9.17) is 34.0 Å². The highest BCUT2D eigenvalue weighted by Crippen LogP contribution is 2.62. The molecule has 8 aliphatic rings. The van der Waals surface area contributed by atoms with Crippen molar-refractivity contribution < 1.29 is 77.0 Å². The molecule has 23 heteroatoms. The molecule has 11 rings (SSSR count). The van der Waals surface area contributed by atoms with E-state index >= 15 is 0 Å². The van der Waals surface area contributed by atoms with Crippen molar-refractivity contribution in [1.29, 1.82) is 0 Å². The van der Waals surface area contributed by atoms with Gasteiger partial charge in [-0.2, -0.15) is 0 Å². The van der Waals surface area contributed by atoms with Crippen molar-refractivity contribution >= 4 is 61.9 Å². The van der Waals surface area contributed by atoms with E-state index in [0.29, 0.717) is 54.0 Å². The van der Waals surface area contributed by atoms with Crippen molar-refractivity contribution in [1.82, 2.24) is 15.0 Å². The first-order valence-electron chi connectivity index (χ1n) is 42.8. The van der Waals surface area contributed by atoms with Crippen LogP contribution in [0.4, 0.5) is 5.69 Å². The number of hydrogen-bond donors (Lipinski definition) is 2. The molecule has 116 heavy (non-hydrogen) atoms. The first-order valence-corrected chi connectivity index (χ1v) is 42.8. The summed E-state index contributed by atoms with van der Waals surface area (Å²) in [4.78, 5) is 113. The van der Waals surface area contributed by atoms with E-state index < -0.39 is 96.3 Å². The molecule has 0 amide bonds. The van der Waals surface area contributed by atoms with Gasteiger partial charge in [-0.25, -0.2) is 4.68 Å². The molecular formula is C93H141BN6O16-2. The lowest BCUT2D eigenvalue weighted by Crippen LogP contribution is -2.48. The summed E-state index contributed by atoms with van der Waals surface area (Å²) < 4.78 is 37.9. The van der Waals surface area contributed by atoms with Crippen LogP contribution in [0.25, 0.3) is 16.1 Å². The number of benzene rings is 2. The Bertz CT molecular complexity index is 4040. The Morgan fingerprint density at radius 1 is 0.466 bits per heavy atom. The van der Waals surface area contributed by atoms with Gasteiger partial charge in [0.2, 0.25) is 0 Å². The van der Waals surface area contributed by atoms with Crippen molar-refractivity contribution in [2.45, 2.75) is 341 Å². The summed E-state index contributed by atoms with van der Waals surface area (Å²) in [6.07, 6.45) is 25.1. The summed E-state index contributed by atoms with van der Waals surface area (Å²) in [6.45, 7) is 31.1. The number of fused-ring (bicyclic) bond motifs is 11. The number of azide groups is 1. The number of aliphatic carboxylic acids is 2. The predicted molar refractivity (Wildman–Crippen MR) is 452 cm³/mol. The minimum Gasteiger partial charge on any atom is -0.481 e. The molecule has 6 saturated carbocycles. The maximum atomic E-state index is 14.7. The van der Waals surface area contributed by atoms with E-state index in [2.05, 4.69) is 32.2 Å². The maximum Gasteiger partial charge on any atom is 0.317 e. The third-order valence-corrected chi connectivity index (χ3v) is 26.9. The number of rotatable bonds is 28. The summed E-state index contributed by atoms with van der Waals surface area (Å²) >= 11 is 0. The predicted octanol–water partition coefficient (Wildman–Crippen LogP) is 19.5. The highest BCUT2D eigenvalue weighted by molar-refractivity contribution is 5.86. The zero-order chi connectivity index (χ0) is 83.8. The normalized spacial score (nSPS) is 25.6. The van der Waals surface area contributed by atoms with E-state index in [-0.39, 0.29) is 84.0 Å². The van der Waals surface area contributed by atoms with Gasteiger partial charge >= 0.3 is 47.8 Å². The molecule has 16 unspecified atom stereocenters. The Hall–Kier alpha value is -7.73. The Morgan fingerprint density at radius 2 is 0.845 bits per heavy atom. The zero-order valence-corrected chi connectivity index (χ0v) is 72.9. The summed E-state index contributed by atoms with van der Waals surface area (Å²) in [7, 11) is 0. The van der Waals surface area contributed by atoms with E-state index in [0.717, 1.165) is 93.1 Å². The van der Waals surface area contributed by atoms with Crippen LogP contribution < -0.4 is 9.47 Å². The van der Waals surface area contributed by atoms with Crippen LogP contribution in [-0.4, -0.2) is 105 Å². The van der Waals surface area contributed by atoms with Gasteiger partial charge in [0.15, 0.2) is 0 Å². The third kappa shape index (κ3) is 23.2. The van der Waals surface area contributed by atoms with Gasteiger partial charge in [-0.15, -0.1) is 16.9 Å². The topological polar surface area (TPSA) is 312 Å². The summed E-state index contributed by atoms with van der Waals surface area (Å²) in [5.41, 5.74) is -0.343. The minimum atomic E-state index is -1.59. The van der Waals surface area contributed by atoms with Crippen molar-refractivity contribution in [2.75, 3.05) is 0 Å². The number of hydrogen-bond acceptors (Lipinski definition) is 17. The molecule has 16 atom stereocenters. The fourth-order valence-electron chi connectivity index (χ4n) is 21.4. The molecule has 8 aliphatic carbocycles. The van der Waals surface area contributed by atoms with Crippen LogP contribution in [-0.2, 0) is 70.1 Å². The second-order valence-corrected chi connectivity index (χ2v) is 40.2. The zero-order valence-electron chi connectivity index (χ0n) is 72.9. The van der Waals surface area contributed by atoms with E-state index in [1.54, 1.807) is 116 Å². The quantitative estimate of drug-likeness (QED) is 0.00785. The van der Waals surface area contributed by atoms with Gasteiger partial charge in [0.05, 0.1) is 60.4 Å². The van der Waals surface area contributed by atoms with Gasteiger partial charge in [-0.1, -0.05) is 71.1 Å². The number of esters is 6. The standard InChI is InChI=1S/C46H67N3O8.C38H55N3O8.C8H12.CH3.BH4/c1-10-44(7,41(54)57-42(2,3)4)27-45(8,38(50)51)28-46(9,26-43(5,6)39(52)56-37-25-29-24-34(37)33-17-15-16-32(29)33)40(53)55-31-22-20-30(21-23-31)49-36-19-14-12-11-13-18-35(36)47-48-49;1-10-36(7,33(46)49-34(2,3)4)21-37(8,30(42)43)22-38(9,32(45)47-25-16-14-24(15-17-25)40-41-39)20-35(5,6)31(44)48-29-19-23-18-28(29)27-13-11-12-26(23)27;1-2-4-6-8-7-5-3-1;;/h20-23,29,32-34,37H,10-19,24-28H2,1-9H3,(H,50,51);14-17,23,26-29H,10-13,18-22H2,1-9H3,(H,42,43);1-6H2;1H3;1H4/q;;;2*-1. The van der Waals surface area contributed by atoms with Crippen molar-refractivity contribution in [2.24, 2.45) is 95.8 Å². The number of carboxylic acids is 2. The van der Waals surface area contributed by atoms with Gasteiger partial charge < -0.3 is 46.1 Å². The third-order valence-electron chi connectivity index (χ3n) is 26.9. The average molecular weight is 1610 g/mol. The van der Waals surface area contributed by atoms with Crippen LogP contribution in [0.2, 0.25) is 0 Å². The molecule has 6 fully saturated rings. The smallest absolute Gasteiger partial charge is 0.317 e. The average Bonchev–Trinajstić information content (AvgIpc) is 1.52. The molecule has 0 radical (unpaired) electrons. The summed E-state index contributed by atoms with van der Waals surface area (Å²) in [6, 6.07) is 13.1. The van der Waals surface area contributed by atoms with E-state index in [1.165, 1.54) is 108 Å². The number of carbonyl (C=O) groups is 8. The number of nitrogens with zero attached hydrogens (tertiary/aromatic N) is 6. The van der Waals surface area contributed by atoms with Crippen LogP contribution in [0.1, 0.15) is 316 Å². The minimum absolute atomic E-state index is 0. The van der Waals surface area contributed by atoms with Crippen LogP contribution in [0.15, 0.2) is 53.6 Å². The van der Waals surface area contributed by atoms with Gasteiger partial charge in [-0.3, -0.25) is 38.4 Å². The van der Waals surface area contributed by atoms with Crippen molar-refractivity contribution in [3.63, 3.8) is 0 Å². The molecule has 4 bridgehead atoms. The molecule has 2 N–H and O–H groups in total. The van der Waals surface area contributed by atoms with Crippen LogP contribution in [0.5, 0.6) is 11.5 Å². The SMILES string of the molecule is C1#CCCCCCC1.CCC(C)(CC(C)(CC(C)(CC(C)(C)C(=O)OC1CC2CC1C1CCCC21)C(=O)Oc1ccc(-n2nnc3c2CCCCCC3)cc1)C(=O)O)C(=O)OC(C)(C)C.CCC(C)(CC(C)(CC(C)(CC(C)(C)C(=O)OC1CC2CC1C1CCCC21)C(=O)Oc1ccc(N=[N+]=[N-])cc1)C(=O)O)C(=O)OC(C)(C)C.[BH4-].[CH3-]. The molecule has 1 heterocycles. The largest absolute Gasteiger partial charge is 0.481 e. The number of ether oxygens (including phenoxy) is 6. The summed E-state index contributed by atoms with van der Waals surface area (Å²) in [5.74, 6) is 5.91. The fourth-order valence-corrected chi connectivity index (χ4v) is 21.4. The molecule has 22 nitrogen and oxygen atoms in total. The highest BCUT2D eigenvalue weighted by Gasteiger charge is 2.60. The van der Waals surface area contributed by atoms with Gasteiger partial charge in [0.1, 0.15) is 34.9 Å². The molecule has 1 aromatic heterocycles. The molecule has 644 valence electrons. The van der Waals surface area contributed by atoms with E-state index in [1.807, 2.05) is 30.7 Å². The second-order valence-electron chi connectivity index (χ2n) is 40.2. The Morgan fingerprint density at radius 3 is 1.23 bits per heavy atom. The molecule has 3 aromatic rings. The fraction of sp³-hybridized carbons (Fsp3) is 0.731. The number of carbonyl (C=O) groups excluding carboxylic acids is 6. The van der Waals surface area contributed by atoms with Gasteiger partial charge in [-0.05, 0) is 353 Å². The molecular weight excluding hydrogens is 1470 g/mol. The number of aromatic nitrogens is 3. The van der Waals surface area contributed by atoms with Crippen molar-refractivity contribution in [3.8, 4) is 29.0 Å². The van der Waals surface area contributed by atoms with Gasteiger partial charge in [0, 0.05) is 23.4 Å². The molecule has 0 aliphatic heterocycles. The first-order chi connectivity index (χ1) is 53.3. The lowest BCUT2D eigenvalue weighted by Gasteiger charge is -2.42. The van der Waals surface area contributed by atoms with Gasteiger partial charge in [0.25, 0.3) is 0 Å². The number of carboxylic acid groups (broad SMARTS) is 2. The van der Waals surface area contributed by atoms with Crippen LogP contribution in [0.3, 0.4) is 0 Å². The lowest BCUT2D eigenvalue weighted by atomic mass is 9.61. The summed E-state index contributed by atoms with van der Waals surface area (Å²) in [5, 5.41) is 34.1. The Balaban J connectivity index is 0.000000290. The van der Waals surface area contributed by atoms with Crippen LogP contribution >= 0.6 is 0 Å². The molecule has 0 spiro atoms. The lowest BCUT2D eigenvalue weighted by molar-refractivity contribution is -0.175. The van der Waals surface area contributed by atoms with E-state index in [9.17, 15) is 48.6 Å². The monoisotopic (exact) mass is 1610 g/mol. The molecule has 2 aromatic carbocycles. The second kappa shape index (κ2) is 38.6. The Kier molecular flexibility index (Phi) is 31.7. The first kappa shape index (κ1) is 95.4. The maximum absolute atomic E-state index is 14.7. The Labute approximate surface area is 693 Å². The highest BCUT2D eigenvalue weighted by atomic mass is 16.6. The number of aryl methyl sites for hydroxylation is 1. The van der Waals surface area contributed by atoms with Crippen LogP contribution in [0, 0.1) is 110 Å².